The van der Waals surface area contributed by atoms with Crippen LogP contribution in [0.4, 0.5) is 0 Å². The highest BCUT2D eigenvalue weighted by molar-refractivity contribution is 7.89. The van der Waals surface area contributed by atoms with Crippen LogP contribution in [0.2, 0.25) is 15.1 Å². The highest BCUT2D eigenvalue weighted by Crippen LogP contribution is 2.41. The van der Waals surface area contributed by atoms with Crippen molar-refractivity contribution in [3.05, 3.63) is 27.2 Å². The molecule has 2 saturated heterocycles. The molecule has 2 aliphatic rings. The second kappa shape index (κ2) is 5.55. The number of halogens is 3. The Kier molecular flexibility index (Phi) is 4.19. The molecule has 0 spiro atoms. The van der Waals surface area contributed by atoms with Gasteiger partial charge in [-0.15, -0.1) is 0 Å². The maximum Gasteiger partial charge on any atom is 0.246 e. The van der Waals surface area contributed by atoms with E-state index in [2.05, 4.69) is 5.32 Å². The fourth-order valence-electron chi connectivity index (χ4n) is 3.42. The zero-order valence-corrected chi connectivity index (χ0v) is 14.4. The van der Waals surface area contributed by atoms with Gasteiger partial charge in [-0.05, 0) is 37.9 Å². The van der Waals surface area contributed by atoms with E-state index in [0.717, 1.165) is 13.0 Å². The van der Waals surface area contributed by atoms with Crippen LogP contribution in [0.1, 0.15) is 13.3 Å². The van der Waals surface area contributed by atoms with E-state index in [0.29, 0.717) is 17.5 Å². The number of fused-ring (bicyclic) bond motifs is 1. The highest BCUT2D eigenvalue weighted by Gasteiger charge is 2.48. The number of sulfonamides is 1. The molecule has 0 aromatic heterocycles. The lowest BCUT2D eigenvalue weighted by Gasteiger charge is -2.27. The summed E-state index contributed by atoms with van der Waals surface area (Å²) in [5, 5.41) is 3.69. The molecule has 2 fully saturated rings. The largest absolute Gasteiger partial charge is 0.315 e. The topological polar surface area (TPSA) is 49.4 Å². The van der Waals surface area contributed by atoms with Gasteiger partial charge in [0.25, 0.3) is 0 Å². The van der Waals surface area contributed by atoms with E-state index in [9.17, 15) is 8.42 Å². The molecular formula is C13H15Cl3N2O2S. The van der Waals surface area contributed by atoms with Gasteiger partial charge in [0.1, 0.15) is 4.90 Å². The molecule has 0 amide bonds. The summed E-state index contributed by atoms with van der Waals surface area (Å²) in [4.78, 5) is -0.0466. The first-order chi connectivity index (χ1) is 9.82. The molecule has 2 aliphatic heterocycles. The first-order valence-electron chi connectivity index (χ1n) is 6.71. The molecule has 116 valence electrons. The zero-order valence-electron chi connectivity index (χ0n) is 11.3. The van der Waals surface area contributed by atoms with E-state index in [-0.39, 0.29) is 27.0 Å². The van der Waals surface area contributed by atoms with Crippen LogP contribution in [0.15, 0.2) is 17.0 Å². The second-order valence-corrected chi connectivity index (χ2v) is 8.63. The minimum atomic E-state index is -3.75. The molecule has 3 atom stereocenters. The summed E-state index contributed by atoms with van der Waals surface area (Å²) in [7, 11) is -3.75. The summed E-state index contributed by atoms with van der Waals surface area (Å²) in [6, 6.07) is 2.72. The normalized spacial score (nSPS) is 29.8. The molecule has 4 nitrogen and oxygen atoms in total. The fourth-order valence-corrected chi connectivity index (χ4v) is 6.81. The Morgan fingerprint density at radius 2 is 1.81 bits per heavy atom. The van der Waals surface area contributed by atoms with E-state index in [1.54, 1.807) is 4.31 Å². The van der Waals surface area contributed by atoms with Gasteiger partial charge in [0, 0.05) is 23.7 Å². The minimum Gasteiger partial charge on any atom is -0.315 e. The maximum atomic E-state index is 13.0. The summed E-state index contributed by atoms with van der Waals surface area (Å²) < 4.78 is 27.6. The quantitative estimate of drug-likeness (QED) is 0.872. The van der Waals surface area contributed by atoms with Crippen molar-refractivity contribution < 1.29 is 8.42 Å². The van der Waals surface area contributed by atoms with Crippen molar-refractivity contribution in [3.8, 4) is 0 Å². The van der Waals surface area contributed by atoms with E-state index in [4.69, 9.17) is 34.8 Å². The molecule has 8 heteroatoms. The van der Waals surface area contributed by atoms with Crippen molar-refractivity contribution in [2.75, 3.05) is 13.1 Å². The molecule has 1 aromatic rings. The zero-order chi connectivity index (χ0) is 15.4. The molecule has 1 aromatic carbocycles. The van der Waals surface area contributed by atoms with Crippen molar-refractivity contribution in [2.24, 2.45) is 5.92 Å². The number of nitrogens with one attached hydrogen (secondary N) is 1. The smallest absolute Gasteiger partial charge is 0.246 e. The van der Waals surface area contributed by atoms with Gasteiger partial charge in [0.15, 0.2) is 0 Å². The fraction of sp³-hybridized carbons (Fsp3) is 0.538. The first-order valence-corrected chi connectivity index (χ1v) is 9.28. The molecule has 3 rings (SSSR count). The molecule has 0 saturated carbocycles. The van der Waals surface area contributed by atoms with Gasteiger partial charge in [0.05, 0.1) is 10.0 Å². The number of hydrogen-bond donors (Lipinski definition) is 1. The third kappa shape index (κ3) is 2.58. The maximum absolute atomic E-state index is 13.0. The first kappa shape index (κ1) is 15.8. The molecule has 21 heavy (non-hydrogen) atoms. The third-order valence-electron chi connectivity index (χ3n) is 4.21. The van der Waals surface area contributed by atoms with Crippen LogP contribution < -0.4 is 5.32 Å². The average Bonchev–Trinajstić information content (AvgIpc) is 2.85. The third-order valence-corrected chi connectivity index (χ3v) is 7.39. The Labute approximate surface area is 139 Å². The lowest BCUT2D eigenvalue weighted by Crippen LogP contribution is -2.42. The standard InChI is InChI=1S/C13H15Cl3N2O2S/c1-7-2-8-5-17-6-12(8)18(7)21(19,20)13-10(15)3-9(14)4-11(13)16/h3-4,7-8,12,17H,2,5-6H2,1H3. The van der Waals surface area contributed by atoms with Gasteiger partial charge >= 0.3 is 0 Å². The van der Waals surface area contributed by atoms with Gasteiger partial charge in [0.2, 0.25) is 10.0 Å². The number of benzene rings is 1. The number of rotatable bonds is 2. The summed E-state index contributed by atoms with van der Waals surface area (Å²) in [5.41, 5.74) is 0. The summed E-state index contributed by atoms with van der Waals surface area (Å²) in [6.45, 7) is 3.44. The summed E-state index contributed by atoms with van der Waals surface area (Å²) in [5.74, 6) is 0.347. The monoisotopic (exact) mass is 368 g/mol. The molecule has 2 heterocycles. The van der Waals surface area contributed by atoms with E-state index in [1.165, 1.54) is 12.1 Å². The van der Waals surface area contributed by atoms with Crippen molar-refractivity contribution in [1.82, 2.24) is 9.62 Å². The molecule has 3 unspecified atom stereocenters. The molecular weight excluding hydrogens is 355 g/mol. The predicted octanol–water partition coefficient (Wildman–Crippen LogP) is 3.02. The Bertz CT molecular complexity index is 657. The average molecular weight is 370 g/mol. The second-order valence-electron chi connectivity index (χ2n) is 5.60. The highest BCUT2D eigenvalue weighted by atomic mass is 35.5. The molecule has 0 radical (unpaired) electrons. The molecule has 1 N–H and O–H groups in total. The van der Waals surface area contributed by atoms with Crippen LogP contribution in [0.5, 0.6) is 0 Å². The van der Waals surface area contributed by atoms with Crippen molar-refractivity contribution in [3.63, 3.8) is 0 Å². The van der Waals surface area contributed by atoms with Crippen molar-refractivity contribution in [2.45, 2.75) is 30.3 Å². The Morgan fingerprint density at radius 3 is 2.43 bits per heavy atom. The van der Waals surface area contributed by atoms with Gasteiger partial charge in [-0.1, -0.05) is 34.8 Å². The van der Waals surface area contributed by atoms with Crippen molar-refractivity contribution in [1.29, 1.82) is 0 Å². The van der Waals surface area contributed by atoms with Gasteiger partial charge in [-0.3, -0.25) is 0 Å². The van der Waals surface area contributed by atoms with Crippen molar-refractivity contribution >= 4 is 44.8 Å². The number of hydrogen-bond acceptors (Lipinski definition) is 3. The Morgan fingerprint density at radius 1 is 1.19 bits per heavy atom. The SMILES string of the molecule is CC1CC2CNCC2N1S(=O)(=O)c1c(Cl)cc(Cl)cc1Cl. The van der Waals surface area contributed by atoms with Crippen LogP contribution in [0.3, 0.4) is 0 Å². The Balaban J connectivity index is 2.09. The molecule has 0 aliphatic carbocycles. The van der Waals surface area contributed by atoms with Crippen LogP contribution >= 0.6 is 34.8 Å². The summed E-state index contributed by atoms with van der Waals surface area (Å²) >= 11 is 18.1. The summed E-state index contributed by atoms with van der Waals surface area (Å²) in [6.07, 6.45) is 0.847. The van der Waals surface area contributed by atoms with Gasteiger partial charge in [-0.25, -0.2) is 8.42 Å². The lowest BCUT2D eigenvalue weighted by molar-refractivity contribution is 0.336. The Hall–Kier alpha value is -0.0400. The molecule has 0 bridgehead atoms. The predicted molar refractivity (Wildman–Crippen MR) is 84.7 cm³/mol. The lowest BCUT2D eigenvalue weighted by atomic mass is 10.0. The van der Waals surface area contributed by atoms with Gasteiger partial charge < -0.3 is 5.32 Å². The number of nitrogens with zero attached hydrogens (tertiary/aromatic N) is 1. The van der Waals surface area contributed by atoms with Crippen LogP contribution in [-0.4, -0.2) is 37.9 Å². The van der Waals surface area contributed by atoms with Crippen LogP contribution in [-0.2, 0) is 10.0 Å². The van der Waals surface area contributed by atoms with Crippen LogP contribution in [0, 0.1) is 5.92 Å². The van der Waals surface area contributed by atoms with Gasteiger partial charge in [-0.2, -0.15) is 4.31 Å². The minimum absolute atomic E-state index is 0.0344. The van der Waals surface area contributed by atoms with E-state index >= 15 is 0 Å². The van der Waals surface area contributed by atoms with Crippen LogP contribution in [0.25, 0.3) is 0 Å². The van der Waals surface area contributed by atoms with E-state index in [1.807, 2.05) is 6.92 Å². The van der Waals surface area contributed by atoms with E-state index < -0.39 is 10.0 Å².